The molecule has 0 fully saturated rings. The Morgan fingerprint density at radius 2 is 1.77 bits per heavy atom. The van der Waals surface area contributed by atoms with Crippen LogP contribution in [-0.2, 0) is 17.8 Å². The first kappa shape index (κ1) is 19.2. The van der Waals surface area contributed by atoms with Crippen molar-refractivity contribution in [2.75, 3.05) is 0 Å². The summed E-state index contributed by atoms with van der Waals surface area (Å²) in [5.74, 6) is 0.176. The van der Waals surface area contributed by atoms with E-state index in [0.29, 0.717) is 18.4 Å². The molecule has 0 radical (unpaired) electrons. The van der Waals surface area contributed by atoms with Crippen LogP contribution in [0.4, 0.5) is 0 Å². The lowest BCUT2D eigenvalue weighted by atomic mass is 9.81. The molecule has 126 valence electrons. The molecule has 0 saturated carbocycles. The van der Waals surface area contributed by atoms with Gasteiger partial charge in [0.25, 0.3) is 0 Å². The van der Waals surface area contributed by atoms with Crippen molar-refractivity contribution < 1.29 is 4.79 Å². The molecule has 3 heteroatoms. The maximum absolute atomic E-state index is 12.1. The molecule has 1 amide bonds. The van der Waals surface area contributed by atoms with Crippen LogP contribution in [0.2, 0.25) is 0 Å². The second-order valence-electron chi connectivity index (χ2n) is 7.59. The third kappa shape index (κ3) is 6.12. The molecule has 22 heavy (non-hydrogen) atoms. The van der Waals surface area contributed by atoms with Gasteiger partial charge in [0.1, 0.15) is 0 Å². The Hall–Kier alpha value is -0.830. The molecule has 1 N–H and O–H groups in total. The highest BCUT2D eigenvalue weighted by Crippen LogP contribution is 2.30. The van der Waals surface area contributed by atoms with Crippen LogP contribution in [0.15, 0.2) is 11.4 Å². The quantitative estimate of drug-likeness (QED) is 0.633. The fraction of sp³-hybridized carbons (Fsp3) is 0.737. The summed E-state index contributed by atoms with van der Waals surface area (Å²) in [7, 11) is 0. The number of amides is 1. The normalized spacial score (nSPS) is 12.5. The number of hydrogen-bond donors (Lipinski definition) is 1. The monoisotopic (exact) mass is 323 g/mol. The molecule has 0 unspecified atom stereocenters. The first-order valence-corrected chi connectivity index (χ1v) is 9.44. The summed E-state index contributed by atoms with van der Waals surface area (Å²) in [5, 5.41) is 5.32. The van der Waals surface area contributed by atoms with Gasteiger partial charge in [0, 0.05) is 11.3 Å². The maximum Gasteiger partial charge on any atom is 0.220 e. The molecule has 0 spiro atoms. The summed E-state index contributed by atoms with van der Waals surface area (Å²) < 4.78 is 0. The molecule has 1 heterocycles. The van der Waals surface area contributed by atoms with Gasteiger partial charge in [-0.25, -0.2) is 0 Å². The smallest absolute Gasteiger partial charge is 0.220 e. The molecule has 0 aromatic carbocycles. The van der Waals surface area contributed by atoms with E-state index in [9.17, 15) is 4.79 Å². The molecular weight excluding hydrogens is 290 g/mol. The van der Waals surface area contributed by atoms with Crippen molar-refractivity contribution in [1.82, 2.24) is 5.32 Å². The van der Waals surface area contributed by atoms with Crippen molar-refractivity contribution in [2.24, 2.45) is 10.8 Å². The summed E-state index contributed by atoms with van der Waals surface area (Å²) in [6.07, 6.45) is 5.01. The highest BCUT2D eigenvalue weighted by atomic mass is 32.1. The number of nitrogens with one attached hydrogen (secondary N) is 1. The summed E-state index contributed by atoms with van der Waals surface area (Å²) in [4.78, 5) is 13.4. The fourth-order valence-corrected chi connectivity index (χ4v) is 3.25. The van der Waals surface area contributed by atoms with E-state index in [0.717, 1.165) is 19.3 Å². The lowest BCUT2D eigenvalue weighted by molar-refractivity contribution is -0.123. The first-order chi connectivity index (χ1) is 10.2. The van der Waals surface area contributed by atoms with Gasteiger partial charge in [0.15, 0.2) is 0 Å². The summed E-state index contributed by atoms with van der Waals surface area (Å²) in [6, 6.07) is 2.25. The van der Waals surface area contributed by atoms with Crippen LogP contribution >= 0.6 is 11.3 Å². The zero-order chi connectivity index (χ0) is 16.8. The largest absolute Gasteiger partial charge is 0.351 e. The van der Waals surface area contributed by atoms with E-state index in [-0.39, 0.29) is 11.3 Å². The molecule has 1 aromatic rings. The molecule has 2 nitrogen and oxygen atoms in total. The number of thiophene rings is 1. The Morgan fingerprint density at radius 1 is 1.14 bits per heavy atom. The minimum Gasteiger partial charge on any atom is -0.351 e. The highest BCUT2D eigenvalue weighted by molar-refractivity contribution is 7.10. The van der Waals surface area contributed by atoms with E-state index in [1.54, 1.807) is 11.3 Å². The third-order valence-corrected chi connectivity index (χ3v) is 6.09. The van der Waals surface area contributed by atoms with E-state index in [2.05, 4.69) is 58.3 Å². The van der Waals surface area contributed by atoms with Crippen LogP contribution in [0.3, 0.4) is 0 Å². The maximum atomic E-state index is 12.1. The van der Waals surface area contributed by atoms with Crippen molar-refractivity contribution in [2.45, 2.75) is 80.2 Å². The molecule has 0 atom stereocenters. The Balaban J connectivity index is 2.49. The second-order valence-corrected chi connectivity index (χ2v) is 8.58. The Kier molecular flexibility index (Phi) is 7.11. The van der Waals surface area contributed by atoms with Crippen molar-refractivity contribution >= 4 is 17.2 Å². The minimum atomic E-state index is 0.135. The van der Waals surface area contributed by atoms with Crippen LogP contribution in [0.25, 0.3) is 0 Å². The zero-order valence-electron chi connectivity index (χ0n) is 15.2. The number of carbonyl (C=O) groups is 1. The van der Waals surface area contributed by atoms with Gasteiger partial charge in [0.2, 0.25) is 5.91 Å². The Labute approximate surface area is 140 Å². The predicted octanol–water partition coefficient (Wildman–Crippen LogP) is 5.56. The Morgan fingerprint density at radius 3 is 2.32 bits per heavy atom. The Bertz CT molecular complexity index is 472. The highest BCUT2D eigenvalue weighted by Gasteiger charge is 2.23. The lowest BCUT2D eigenvalue weighted by Crippen LogP contribution is -2.29. The fourth-order valence-electron chi connectivity index (χ4n) is 2.42. The summed E-state index contributed by atoms with van der Waals surface area (Å²) in [5.41, 5.74) is 1.88. The first-order valence-electron chi connectivity index (χ1n) is 8.56. The van der Waals surface area contributed by atoms with Gasteiger partial charge in [-0.2, -0.15) is 0 Å². The number of hydrogen-bond acceptors (Lipinski definition) is 2. The summed E-state index contributed by atoms with van der Waals surface area (Å²) >= 11 is 1.76. The van der Waals surface area contributed by atoms with Gasteiger partial charge in [-0.15, -0.1) is 11.3 Å². The van der Waals surface area contributed by atoms with E-state index in [1.807, 2.05) is 0 Å². The third-order valence-electron chi connectivity index (χ3n) is 5.10. The van der Waals surface area contributed by atoms with Crippen LogP contribution in [0.1, 0.15) is 77.7 Å². The van der Waals surface area contributed by atoms with Crippen LogP contribution < -0.4 is 5.32 Å². The van der Waals surface area contributed by atoms with Gasteiger partial charge in [-0.1, -0.05) is 60.8 Å². The van der Waals surface area contributed by atoms with Crippen molar-refractivity contribution in [1.29, 1.82) is 0 Å². The van der Waals surface area contributed by atoms with E-state index in [4.69, 9.17) is 0 Å². The van der Waals surface area contributed by atoms with Gasteiger partial charge < -0.3 is 5.32 Å². The zero-order valence-corrected chi connectivity index (χ0v) is 16.0. The molecular formula is C19H33NOS. The van der Waals surface area contributed by atoms with Gasteiger partial charge in [-0.3, -0.25) is 4.79 Å². The van der Waals surface area contributed by atoms with E-state index in [1.165, 1.54) is 16.9 Å². The van der Waals surface area contributed by atoms with Crippen LogP contribution in [-0.4, -0.2) is 5.91 Å². The topological polar surface area (TPSA) is 29.1 Å². The summed E-state index contributed by atoms with van der Waals surface area (Å²) in [6.45, 7) is 14.1. The van der Waals surface area contributed by atoms with Crippen LogP contribution in [0.5, 0.6) is 0 Å². The van der Waals surface area contributed by atoms with Gasteiger partial charge in [-0.05, 0) is 34.3 Å². The molecule has 0 aliphatic heterocycles. The van der Waals surface area contributed by atoms with Crippen molar-refractivity contribution in [3.05, 3.63) is 21.9 Å². The second kappa shape index (κ2) is 8.14. The number of carbonyl (C=O) groups excluding carboxylic acids is 1. The predicted molar refractivity (Wildman–Crippen MR) is 97.2 cm³/mol. The molecule has 0 aliphatic carbocycles. The average Bonchev–Trinajstić information content (AvgIpc) is 2.91. The van der Waals surface area contributed by atoms with Crippen molar-refractivity contribution in [3.63, 3.8) is 0 Å². The standard InChI is InChI=1S/C19H33NOS/c1-7-18(4,5)11-15-10-16(22-14-15)13-20-17(21)12-19(6,8-2)9-3/h10,14H,7-9,11-13H2,1-6H3,(H,20,21). The molecule has 1 aromatic heterocycles. The average molecular weight is 324 g/mol. The minimum absolute atomic E-state index is 0.135. The SMILES string of the molecule is CCC(C)(C)Cc1csc(CNC(=O)CC(C)(CC)CC)c1. The molecule has 0 aliphatic rings. The van der Waals surface area contributed by atoms with Gasteiger partial charge >= 0.3 is 0 Å². The van der Waals surface area contributed by atoms with Gasteiger partial charge in [0.05, 0.1) is 6.54 Å². The van der Waals surface area contributed by atoms with Crippen molar-refractivity contribution in [3.8, 4) is 0 Å². The number of rotatable bonds is 9. The lowest BCUT2D eigenvalue weighted by Gasteiger charge is -2.25. The molecule has 1 rings (SSSR count). The molecule has 0 saturated heterocycles. The molecule has 0 bridgehead atoms. The van der Waals surface area contributed by atoms with E-state index < -0.39 is 0 Å². The van der Waals surface area contributed by atoms with Crippen LogP contribution in [0, 0.1) is 10.8 Å². The van der Waals surface area contributed by atoms with E-state index >= 15 is 0 Å².